The third-order valence-electron chi connectivity index (χ3n) is 1.81. The van der Waals surface area contributed by atoms with E-state index in [1.165, 1.54) is 0 Å². The van der Waals surface area contributed by atoms with E-state index in [1.54, 1.807) is 0 Å². The molecule has 1 saturated heterocycles. The summed E-state index contributed by atoms with van der Waals surface area (Å²) in [6.07, 6.45) is -4.69. The van der Waals surface area contributed by atoms with Crippen molar-refractivity contribution in [3.05, 3.63) is 0 Å². The van der Waals surface area contributed by atoms with E-state index in [1.807, 2.05) is 0 Å². The number of hydrogen-bond donors (Lipinski definition) is 5. The minimum Gasteiger partial charge on any atom is -0.387 e. The van der Waals surface area contributed by atoms with Gasteiger partial charge in [-0.05, 0) is 0 Å². The SMILES string of the molecule is NC1O[C@H](COP(=O)(O)O)[C@@H](O)[C@H]1O. The molecule has 0 spiro atoms. The van der Waals surface area contributed by atoms with Gasteiger partial charge >= 0.3 is 7.82 Å². The number of ether oxygens (including phenoxy) is 1. The molecule has 0 bridgehead atoms. The first-order chi connectivity index (χ1) is 6.31. The highest BCUT2D eigenvalue weighted by Crippen LogP contribution is 2.36. The molecule has 1 aliphatic heterocycles. The fourth-order valence-electron chi connectivity index (χ4n) is 1.09. The molecule has 1 fully saturated rings. The van der Waals surface area contributed by atoms with Crippen LogP contribution in [-0.2, 0) is 13.8 Å². The number of aliphatic hydroxyl groups is 2. The van der Waals surface area contributed by atoms with Crippen LogP contribution in [0, 0.1) is 0 Å². The van der Waals surface area contributed by atoms with Gasteiger partial charge in [-0.25, -0.2) is 4.57 Å². The van der Waals surface area contributed by atoms with Gasteiger partial charge in [-0.2, -0.15) is 0 Å². The van der Waals surface area contributed by atoms with Gasteiger partial charge in [-0.15, -0.1) is 0 Å². The van der Waals surface area contributed by atoms with E-state index in [0.29, 0.717) is 0 Å². The molecule has 1 heterocycles. The number of hydrogen-bond acceptors (Lipinski definition) is 6. The molecule has 0 aromatic rings. The standard InChI is InChI=1S/C5H12NO7P/c6-5-4(8)3(7)2(13-5)1-12-14(9,10)11/h2-5,7-8H,1,6H2,(H2,9,10,11)/t2-,3-,4-,5?/m1/s1. The zero-order valence-corrected chi connectivity index (χ0v) is 7.95. The summed E-state index contributed by atoms with van der Waals surface area (Å²) >= 11 is 0. The maximum absolute atomic E-state index is 10.3. The van der Waals surface area contributed by atoms with Crippen LogP contribution in [0.15, 0.2) is 0 Å². The van der Waals surface area contributed by atoms with Crippen LogP contribution in [0.2, 0.25) is 0 Å². The molecular weight excluding hydrogens is 217 g/mol. The van der Waals surface area contributed by atoms with Crippen molar-refractivity contribution in [1.82, 2.24) is 0 Å². The molecule has 14 heavy (non-hydrogen) atoms. The lowest BCUT2D eigenvalue weighted by atomic mass is 10.1. The molecule has 1 aliphatic rings. The van der Waals surface area contributed by atoms with Crippen LogP contribution in [0.4, 0.5) is 0 Å². The minimum absolute atomic E-state index is 0.532. The fourth-order valence-corrected chi connectivity index (χ4v) is 1.43. The highest BCUT2D eigenvalue weighted by molar-refractivity contribution is 7.46. The quantitative estimate of drug-likeness (QED) is 0.334. The second-order valence-electron chi connectivity index (χ2n) is 2.91. The summed E-state index contributed by atoms with van der Waals surface area (Å²) in [7, 11) is -4.60. The van der Waals surface area contributed by atoms with Gasteiger partial charge in [0, 0.05) is 0 Å². The van der Waals surface area contributed by atoms with Gasteiger partial charge in [0.1, 0.15) is 24.5 Å². The average Bonchev–Trinajstić information content (AvgIpc) is 2.28. The molecule has 1 rings (SSSR count). The molecule has 9 heteroatoms. The van der Waals surface area contributed by atoms with E-state index in [9.17, 15) is 9.67 Å². The third kappa shape index (κ3) is 2.97. The smallest absolute Gasteiger partial charge is 0.387 e. The number of nitrogens with two attached hydrogens (primary N) is 1. The monoisotopic (exact) mass is 229 g/mol. The number of phosphoric acid groups is 1. The van der Waals surface area contributed by atoms with E-state index in [-0.39, 0.29) is 0 Å². The number of phosphoric ester groups is 1. The van der Waals surface area contributed by atoms with Crippen LogP contribution in [0.25, 0.3) is 0 Å². The number of rotatable bonds is 3. The Balaban J connectivity index is 2.44. The van der Waals surface area contributed by atoms with E-state index < -0.39 is 39.0 Å². The molecule has 0 aromatic carbocycles. The van der Waals surface area contributed by atoms with Crippen molar-refractivity contribution in [2.45, 2.75) is 24.5 Å². The van der Waals surface area contributed by atoms with Crippen molar-refractivity contribution in [3.63, 3.8) is 0 Å². The third-order valence-corrected chi connectivity index (χ3v) is 2.29. The second kappa shape index (κ2) is 4.21. The van der Waals surface area contributed by atoms with Crippen LogP contribution in [0.5, 0.6) is 0 Å². The van der Waals surface area contributed by atoms with E-state index >= 15 is 0 Å². The molecule has 6 N–H and O–H groups in total. The van der Waals surface area contributed by atoms with E-state index in [4.69, 9.17) is 25.4 Å². The molecule has 0 aromatic heterocycles. The lowest BCUT2D eigenvalue weighted by molar-refractivity contribution is -0.0197. The number of aliphatic hydroxyl groups excluding tert-OH is 2. The molecule has 8 nitrogen and oxygen atoms in total. The van der Waals surface area contributed by atoms with Gasteiger partial charge in [0.25, 0.3) is 0 Å². The molecule has 0 aliphatic carbocycles. The summed E-state index contributed by atoms with van der Waals surface area (Å²) in [6, 6.07) is 0. The average molecular weight is 229 g/mol. The maximum atomic E-state index is 10.3. The van der Waals surface area contributed by atoms with Crippen LogP contribution >= 0.6 is 7.82 Å². The van der Waals surface area contributed by atoms with Gasteiger partial charge in [0.05, 0.1) is 6.61 Å². The molecule has 84 valence electrons. The first-order valence-corrected chi connectivity index (χ1v) is 5.31. The Morgan fingerprint density at radius 2 is 1.93 bits per heavy atom. The summed E-state index contributed by atoms with van der Waals surface area (Å²) in [5, 5.41) is 18.4. The first-order valence-electron chi connectivity index (χ1n) is 3.78. The molecular formula is C5H12NO7P. The Bertz CT molecular complexity index is 242. The van der Waals surface area contributed by atoms with Crippen molar-refractivity contribution in [1.29, 1.82) is 0 Å². The highest BCUT2D eigenvalue weighted by atomic mass is 31.2. The highest BCUT2D eigenvalue weighted by Gasteiger charge is 2.41. The van der Waals surface area contributed by atoms with Gasteiger partial charge in [-0.3, -0.25) is 4.52 Å². The van der Waals surface area contributed by atoms with E-state index in [2.05, 4.69) is 4.52 Å². The zero-order chi connectivity index (χ0) is 10.9. The second-order valence-corrected chi connectivity index (χ2v) is 4.15. The topological polar surface area (TPSA) is 142 Å². The summed E-state index contributed by atoms with van der Waals surface area (Å²) in [5.74, 6) is 0. The zero-order valence-electron chi connectivity index (χ0n) is 7.05. The van der Waals surface area contributed by atoms with Crippen molar-refractivity contribution in [2.75, 3.05) is 6.61 Å². The predicted molar refractivity (Wildman–Crippen MR) is 42.9 cm³/mol. The Labute approximate surface area is 79.5 Å². The Morgan fingerprint density at radius 3 is 2.29 bits per heavy atom. The normalized spacial score (nSPS) is 38.9. The van der Waals surface area contributed by atoms with Gasteiger partial charge in [0.15, 0.2) is 0 Å². The van der Waals surface area contributed by atoms with Crippen molar-refractivity contribution in [2.24, 2.45) is 5.73 Å². The summed E-state index contributed by atoms with van der Waals surface area (Å²) < 4.78 is 19.2. The Morgan fingerprint density at radius 1 is 1.36 bits per heavy atom. The molecule has 0 amide bonds. The lowest BCUT2D eigenvalue weighted by Crippen LogP contribution is -2.37. The summed E-state index contributed by atoms with van der Waals surface area (Å²) in [6.45, 7) is -0.532. The lowest BCUT2D eigenvalue weighted by Gasteiger charge is -2.14. The largest absolute Gasteiger partial charge is 0.469 e. The maximum Gasteiger partial charge on any atom is 0.469 e. The van der Waals surface area contributed by atoms with Crippen molar-refractivity contribution in [3.8, 4) is 0 Å². The van der Waals surface area contributed by atoms with Gasteiger partial charge in [-0.1, -0.05) is 0 Å². The van der Waals surface area contributed by atoms with Crippen LogP contribution < -0.4 is 5.73 Å². The minimum atomic E-state index is -4.60. The summed E-state index contributed by atoms with van der Waals surface area (Å²) in [5.41, 5.74) is 5.22. The van der Waals surface area contributed by atoms with Gasteiger partial charge in [0.2, 0.25) is 0 Å². The molecule has 1 unspecified atom stereocenters. The summed E-state index contributed by atoms with van der Waals surface area (Å²) in [4.78, 5) is 16.7. The first kappa shape index (κ1) is 12.0. The van der Waals surface area contributed by atoms with Crippen LogP contribution in [-0.4, -0.2) is 51.1 Å². The van der Waals surface area contributed by atoms with E-state index in [0.717, 1.165) is 0 Å². The van der Waals surface area contributed by atoms with Crippen molar-refractivity contribution >= 4 is 7.82 Å². The molecule has 0 saturated carbocycles. The fraction of sp³-hybridized carbons (Fsp3) is 1.00. The predicted octanol–water partition coefficient (Wildman–Crippen LogP) is -2.50. The van der Waals surface area contributed by atoms with Crippen LogP contribution in [0.3, 0.4) is 0 Å². The Kier molecular flexibility index (Phi) is 3.62. The van der Waals surface area contributed by atoms with Gasteiger partial charge < -0.3 is 30.5 Å². The molecule has 4 atom stereocenters. The van der Waals surface area contributed by atoms with Crippen molar-refractivity contribution < 1.29 is 33.8 Å². The van der Waals surface area contributed by atoms with Crippen LogP contribution in [0.1, 0.15) is 0 Å². The molecule has 0 radical (unpaired) electrons. The Hall–Kier alpha value is -0.0500.